The fourth-order valence-electron chi connectivity index (χ4n) is 1.20. The first-order valence-corrected chi connectivity index (χ1v) is 5.84. The van der Waals surface area contributed by atoms with Gasteiger partial charge in [-0.15, -0.1) is 0 Å². The molecule has 6 heteroatoms. The summed E-state index contributed by atoms with van der Waals surface area (Å²) >= 11 is 0. The molecule has 0 aromatic rings. The van der Waals surface area contributed by atoms with Gasteiger partial charge in [0, 0.05) is 25.4 Å². The number of carbonyl (C=O) groups is 2. The Morgan fingerprint density at radius 1 is 1.24 bits per heavy atom. The van der Waals surface area contributed by atoms with Gasteiger partial charge in [0.25, 0.3) is 0 Å². The predicted octanol–water partition coefficient (Wildman–Crippen LogP) is -0.284. The molecule has 0 bridgehead atoms. The van der Waals surface area contributed by atoms with E-state index in [1.165, 1.54) is 0 Å². The van der Waals surface area contributed by atoms with Crippen LogP contribution in [-0.4, -0.2) is 47.3 Å². The van der Waals surface area contributed by atoms with Gasteiger partial charge in [-0.1, -0.05) is 13.8 Å². The van der Waals surface area contributed by atoms with Gasteiger partial charge in [0.15, 0.2) is 6.10 Å². The Morgan fingerprint density at radius 2 is 1.88 bits per heavy atom. The Labute approximate surface area is 101 Å². The molecule has 0 spiro atoms. The average molecular weight is 246 g/mol. The molecule has 0 saturated carbocycles. The van der Waals surface area contributed by atoms with Crippen LogP contribution in [0, 0.1) is 0 Å². The van der Waals surface area contributed by atoms with Crippen molar-refractivity contribution in [2.24, 2.45) is 0 Å². The number of aliphatic hydroxyl groups is 1. The molecule has 17 heavy (non-hydrogen) atoms. The number of aliphatic carboxylic acids is 1. The van der Waals surface area contributed by atoms with Gasteiger partial charge in [-0.25, -0.2) is 4.79 Å². The van der Waals surface area contributed by atoms with Gasteiger partial charge in [0.1, 0.15) is 0 Å². The molecule has 0 heterocycles. The van der Waals surface area contributed by atoms with Gasteiger partial charge in [-0.05, 0) is 13.0 Å². The molecule has 0 aromatic heterocycles. The molecule has 0 fully saturated rings. The molecular weight excluding hydrogens is 224 g/mol. The minimum absolute atomic E-state index is 0.0331. The zero-order valence-corrected chi connectivity index (χ0v) is 10.4. The maximum Gasteiger partial charge on any atom is 0.332 e. The van der Waals surface area contributed by atoms with E-state index in [4.69, 9.17) is 10.2 Å². The third kappa shape index (κ3) is 9.77. The van der Waals surface area contributed by atoms with Gasteiger partial charge < -0.3 is 20.8 Å². The maximum absolute atomic E-state index is 11.3. The smallest absolute Gasteiger partial charge is 0.332 e. The summed E-state index contributed by atoms with van der Waals surface area (Å²) in [6, 6.07) is 0.406. The van der Waals surface area contributed by atoms with Crippen molar-refractivity contribution in [2.45, 2.75) is 45.3 Å². The van der Waals surface area contributed by atoms with Crippen molar-refractivity contribution < 1.29 is 19.8 Å². The molecule has 1 amide bonds. The van der Waals surface area contributed by atoms with Crippen LogP contribution < -0.4 is 10.6 Å². The lowest BCUT2D eigenvalue weighted by atomic mass is 10.2. The summed E-state index contributed by atoms with van der Waals surface area (Å²) in [6.45, 7) is 5.04. The predicted molar refractivity (Wildman–Crippen MR) is 63.6 cm³/mol. The second kappa shape index (κ2) is 8.95. The minimum Gasteiger partial charge on any atom is -0.479 e. The average Bonchev–Trinajstić information content (AvgIpc) is 2.23. The molecule has 0 unspecified atom stereocenters. The zero-order valence-electron chi connectivity index (χ0n) is 10.4. The molecule has 0 radical (unpaired) electrons. The summed E-state index contributed by atoms with van der Waals surface area (Å²) in [5.41, 5.74) is 0. The first-order chi connectivity index (χ1) is 7.93. The summed E-state index contributed by atoms with van der Waals surface area (Å²) in [5.74, 6) is -1.38. The minimum atomic E-state index is -1.40. The number of hydrogen-bond donors (Lipinski definition) is 4. The van der Waals surface area contributed by atoms with Crippen molar-refractivity contribution in [1.82, 2.24) is 10.6 Å². The van der Waals surface area contributed by atoms with Crippen molar-refractivity contribution in [3.8, 4) is 0 Å². The fraction of sp³-hybridized carbons (Fsp3) is 0.818. The Hall–Kier alpha value is -1.14. The lowest BCUT2D eigenvalue weighted by molar-refractivity contribution is -0.147. The number of nitrogens with one attached hydrogen (secondary N) is 2. The van der Waals surface area contributed by atoms with Crippen LogP contribution in [0.5, 0.6) is 0 Å². The van der Waals surface area contributed by atoms with E-state index < -0.39 is 12.1 Å². The van der Waals surface area contributed by atoms with Crippen molar-refractivity contribution in [1.29, 1.82) is 0 Å². The van der Waals surface area contributed by atoms with E-state index in [0.717, 1.165) is 13.0 Å². The summed E-state index contributed by atoms with van der Waals surface area (Å²) in [5, 5.41) is 23.1. The fourth-order valence-corrected chi connectivity index (χ4v) is 1.20. The zero-order chi connectivity index (χ0) is 13.3. The first kappa shape index (κ1) is 15.9. The normalized spacial score (nSPS) is 12.5. The third-order valence-corrected chi connectivity index (χ3v) is 2.16. The molecule has 100 valence electrons. The van der Waals surface area contributed by atoms with Gasteiger partial charge in [-0.2, -0.15) is 0 Å². The van der Waals surface area contributed by atoms with E-state index in [0.29, 0.717) is 12.5 Å². The van der Waals surface area contributed by atoms with Crippen LogP contribution in [0.3, 0.4) is 0 Å². The molecule has 0 rings (SSSR count). The second-order valence-electron chi connectivity index (χ2n) is 4.21. The quantitative estimate of drug-likeness (QED) is 0.419. The largest absolute Gasteiger partial charge is 0.479 e. The molecule has 1 atom stereocenters. The van der Waals surface area contributed by atoms with E-state index in [1.54, 1.807) is 0 Å². The van der Waals surface area contributed by atoms with E-state index in [2.05, 4.69) is 10.6 Å². The van der Waals surface area contributed by atoms with Crippen LogP contribution in [-0.2, 0) is 9.59 Å². The highest BCUT2D eigenvalue weighted by Gasteiger charge is 2.12. The van der Waals surface area contributed by atoms with Crippen molar-refractivity contribution in [3.05, 3.63) is 0 Å². The second-order valence-corrected chi connectivity index (χ2v) is 4.21. The van der Waals surface area contributed by atoms with Gasteiger partial charge in [0.2, 0.25) is 5.91 Å². The summed E-state index contributed by atoms with van der Waals surface area (Å²) in [7, 11) is 0. The number of aliphatic hydroxyl groups excluding tert-OH is 1. The number of hydrogen-bond acceptors (Lipinski definition) is 4. The van der Waals surface area contributed by atoms with Crippen LogP contribution in [0.1, 0.15) is 33.1 Å². The van der Waals surface area contributed by atoms with Gasteiger partial charge in [0.05, 0.1) is 0 Å². The SMILES string of the molecule is CC(C)NCCCC(=O)NCC[C@H](O)C(=O)O. The summed E-state index contributed by atoms with van der Waals surface area (Å²) in [6.07, 6.45) is -0.224. The van der Waals surface area contributed by atoms with E-state index >= 15 is 0 Å². The molecule has 0 aromatic carbocycles. The molecular formula is C11H22N2O4. The number of carbonyl (C=O) groups excluding carboxylic acids is 1. The summed E-state index contributed by atoms with van der Waals surface area (Å²) in [4.78, 5) is 21.5. The number of carboxylic acid groups (broad SMARTS) is 1. The number of amides is 1. The monoisotopic (exact) mass is 246 g/mol. The van der Waals surface area contributed by atoms with Crippen LogP contribution in [0.4, 0.5) is 0 Å². The van der Waals surface area contributed by atoms with Gasteiger partial charge >= 0.3 is 5.97 Å². The van der Waals surface area contributed by atoms with Gasteiger partial charge in [-0.3, -0.25) is 4.79 Å². The van der Waals surface area contributed by atoms with E-state index in [1.807, 2.05) is 13.8 Å². The van der Waals surface area contributed by atoms with Crippen LogP contribution in [0.25, 0.3) is 0 Å². The number of rotatable bonds is 9. The third-order valence-electron chi connectivity index (χ3n) is 2.16. The highest BCUT2D eigenvalue weighted by atomic mass is 16.4. The molecule has 0 aliphatic rings. The Kier molecular flexibility index (Phi) is 8.35. The van der Waals surface area contributed by atoms with Crippen LogP contribution in [0.2, 0.25) is 0 Å². The maximum atomic E-state index is 11.3. The lowest BCUT2D eigenvalue weighted by Gasteiger charge is -2.09. The highest BCUT2D eigenvalue weighted by Crippen LogP contribution is 1.92. The molecule has 0 saturated heterocycles. The van der Waals surface area contributed by atoms with Crippen molar-refractivity contribution in [2.75, 3.05) is 13.1 Å². The van der Waals surface area contributed by atoms with E-state index in [-0.39, 0.29) is 18.9 Å². The van der Waals surface area contributed by atoms with Crippen molar-refractivity contribution in [3.63, 3.8) is 0 Å². The van der Waals surface area contributed by atoms with E-state index in [9.17, 15) is 9.59 Å². The number of carboxylic acids is 1. The highest BCUT2D eigenvalue weighted by molar-refractivity contribution is 5.76. The molecule has 0 aliphatic heterocycles. The molecule has 0 aliphatic carbocycles. The van der Waals surface area contributed by atoms with Crippen LogP contribution in [0.15, 0.2) is 0 Å². The molecule has 4 N–H and O–H groups in total. The summed E-state index contributed by atoms with van der Waals surface area (Å²) < 4.78 is 0. The lowest BCUT2D eigenvalue weighted by Crippen LogP contribution is -2.31. The Bertz CT molecular complexity index is 244. The van der Waals surface area contributed by atoms with Crippen molar-refractivity contribution >= 4 is 11.9 Å². The molecule has 6 nitrogen and oxygen atoms in total. The standard InChI is InChI=1S/C11H22N2O4/c1-8(2)12-6-3-4-10(15)13-7-5-9(14)11(16)17/h8-9,12,14H,3-7H2,1-2H3,(H,13,15)(H,16,17)/t9-/m0/s1. The van der Waals surface area contributed by atoms with Crippen LogP contribution >= 0.6 is 0 Å². The first-order valence-electron chi connectivity index (χ1n) is 5.84. The topological polar surface area (TPSA) is 98.7 Å². The Balaban J connectivity index is 3.44. The Morgan fingerprint density at radius 3 is 2.41 bits per heavy atom.